The van der Waals surface area contributed by atoms with Gasteiger partial charge in [0.2, 0.25) is 26.0 Å². The first-order chi connectivity index (χ1) is 20.7. The maximum Gasteiger partial charge on any atom is 0.244 e. The van der Waals surface area contributed by atoms with Gasteiger partial charge in [-0.2, -0.15) is 4.31 Å². The lowest BCUT2D eigenvalue weighted by Gasteiger charge is -2.41. The fraction of sp³-hybridized carbons (Fsp3) is 0.667. The molecule has 1 saturated heterocycles. The Balaban J connectivity index is 1.85. The van der Waals surface area contributed by atoms with E-state index in [4.69, 9.17) is 10.5 Å². The lowest BCUT2D eigenvalue weighted by molar-refractivity contribution is -0.125. The predicted molar refractivity (Wildman–Crippen MR) is 177 cm³/mol. The van der Waals surface area contributed by atoms with E-state index >= 15 is 0 Å². The summed E-state index contributed by atoms with van der Waals surface area (Å²) >= 11 is 0. The van der Waals surface area contributed by atoms with E-state index in [0.717, 1.165) is 31.2 Å². The van der Waals surface area contributed by atoms with Crippen LogP contribution in [0.2, 0.25) is 0 Å². The number of carbonyl (C=O) groups is 1. The zero-order valence-corrected chi connectivity index (χ0v) is 29.8. The highest BCUT2D eigenvalue weighted by Crippen LogP contribution is 2.39. The van der Waals surface area contributed by atoms with Crippen LogP contribution in [0.5, 0.6) is 0 Å². The predicted octanol–water partition coefficient (Wildman–Crippen LogP) is 4.93. The Kier molecular flexibility index (Phi) is 10.1. The lowest BCUT2D eigenvalue weighted by Crippen LogP contribution is -2.55. The van der Waals surface area contributed by atoms with Crippen LogP contribution in [0.4, 0.5) is 0 Å². The number of rotatable bonds is 10. The molecule has 2 aliphatic rings. The van der Waals surface area contributed by atoms with Crippen molar-refractivity contribution < 1.29 is 26.4 Å². The van der Waals surface area contributed by atoms with Crippen LogP contribution in [0, 0.1) is 18.3 Å². The van der Waals surface area contributed by atoms with Crippen molar-refractivity contribution in [3.05, 3.63) is 35.5 Å². The number of hydrogen-bond acceptors (Lipinski definition) is 6. The summed E-state index contributed by atoms with van der Waals surface area (Å²) in [6, 6.07) is 7.05. The largest absolute Gasteiger partial charge is 0.378 e. The summed E-state index contributed by atoms with van der Waals surface area (Å²) in [5.41, 5.74) is 5.94. The van der Waals surface area contributed by atoms with E-state index in [2.05, 4.69) is 9.29 Å². The van der Waals surface area contributed by atoms with Gasteiger partial charge in [-0.05, 0) is 88.1 Å². The number of nitrogens with two attached hydrogens (primary N) is 1. The Morgan fingerprint density at radius 1 is 1.02 bits per heavy atom. The molecule has 0 bridgehead atoms. The third kappa shape index (κ3) is 7.51. The zero-order valence-electron chi connectivity index (χ0n) is 28.2. The van der Waals surface area contributed by atoms with Gasteiger partial charge in [-0.1, -0.05) is 46.1 Å². The Morgan fingerprint density at radius 3 is 2.24 bits per heavy atom. The van der Waals surface area contributed by atoms with Crippen LogP contribution < -0.4 is 10.5 Å². The molecule has 1 aromatic carbocycles. The van der Waals surface area contributed by atoms with Crippen molar-refractivity contribution in [1.29, 1.82) is 0 Å². The van der Waals surface area contributed by atoms with E-state index in [1.807, 2.05) is 47.6 Å². The summed E-state index contributed by atoms with van der Waals surface area (Å²) in [5, 5.41) is 0. The van der Waals surface area contributed by atoms with Gasteiger partial charge in [-0.15, -0.1) is 0 Å². The van der Waals surface area contributed by atoms with Gasteiger partial charge in [0.25, 0.3) is 0 Å². The van der Waals surface area contributed by atoms with Gasteiger partial charge >= 0.3 is 0 Å². The maximum atomic E-state index is 14.2. The second-order valence-electron chi connectivity index (χ2n) is 15.1. The number of nitrogens with zero attached hydrogens (tertiary/aromatic N) is 2. The minimum absolute atomic E-state index is 0.133. The molecule has 1 aliphatic heterocycles. The smallest absolute Gasteiger partial charge is 0.244 e. The molecule has 1 saturated carbocycles. The second kappa shape index (κ2) is 12.7. The van der Waals surface area contributed by atoms with Gasteiger partial charge in [-0.3, -0.25) is 4.79 Å². The normalized spacial score (nSPS) is 19.1. The Bertz CT molecular complexity index is 1630. The van der Waals surface area contributed by atoms with Crippen molar-refractivity contribution in [1.82, 2.24) is 13.6 Å². The maximum absolute atomic E-state index is 14.2. The van der Waals surface area contributed by atoms with Gasteiger partial charge in [0, 0.05) is 31.0 Å². The minimum atomic E-state index is -4.00. The highest BCUT2D eigenvalue weighted by atomic mass is 32.2. The third-order valence-corrected chi connectivity index (χ3v) is 13.1. The van der Waals surface area contributed by atoms with Gasteiger partial charge in [0.05, 0.1) is 29.1 Å². The summed E-state index contributed by atoms with van der Waals surface area (Å²) in [6.45, 7) is 16.2. The van der Waals surface area contributed by atoms with E-state index in [0.29, 0.717) is 42.6 Å². The number of amides is 1. The van der Waals surface area contributed by atoms with Crippen molar-refractivity contribution in [3.63, 3.8) is 0 Å². The second-order valence-corrected chi connectivity index (χ2v) is 18.6. The minimum Gasteiger partial charge on any atom is -0.378 e. The van der Waals surface area contributed by atoms with E-state index < -0.39 is 42.3 Å². The fourth-order valence-electron chi connectivity index (χ4n) is 6.34. The van der Waals surface area contributed by atoms with Crippen molar-refractivity contribution in [3.8, 4) is 11.3 Å². The Morgan fingerprint density at radius 2 is 1.67 bits per heavy atom. The Labute approximate surface area is 270 Å². The summed E-state index contributed by atoms with van der Waals surface area (Å²) in [7, 11) is -7.87. The van der Waals surface area contributed by atoms with E-state index in [9.17, 15) is 21.6 Å². The molecular formula is C33H52N4O6S2. The molecular weight excluding hydrogens is 613 g/mol. The standard InChI is InChI=1S/C33H52N4O6S2/c1-23-29(44(39,40)35-21-32(5,6)30(34)38)19-27(36(23)20-24-12-10-9-11-13-24)25-14-15-28(26(18-25)31(2,3)4)45(41,42)37-16-17-43-22-33(37,7)8/h14-15,18-19,24,35H,9-13,16-17,20-22H2,1-8H3,(H2,34,38). The fourth-order valence-corrected chi connectivity index (χ4v) is 9.95. The van der Waals surface area contributed by atoms with Gasteiger partial charge in [0.15, 0.2) is 0 Å². The van der Waals surface area contributed by atoms with Crippen LogP contribution in [0.1, 0.15) is 91.8 Å². The van der Waals surface area contributed by atoms with Crippen LogP contribution in [0.25, 0.3) is 11.3 Å². The van der Waals surface area contributed by atoms with Gasteiger partial charge < -0.3 is 15.0 Å². The van der Waals surface area contributed by atoms with Crippen molar-refractivity contribution in [2.24, 2.45) is 17.1 Å². The number of aromatic nitrogens is 1. The first-order valence-corrected chi connectivity index (χ1v) is 18.9. The molecule has 10 nitrogen and oxygen atoms in total. The van der Waals surface area contributed by atoms with Crippen molar-refractivity contribution >= 4 is 26.0 Å². The molecule has 0 spiro atoms. The molecule has 2 heterocycles. The first kappa shape index (κ1) is 35.6. The molecule has 252 valence electrons. The number of primary amides is 1. The molecule has 0 radical (unpaired) electrons. The van der Waals surface area contributed by atoms with Gasteiger partial charge in [-0.25, -0.2) is 21.6 Å². The summed E-state index contributed by atoms with van der Waals surface area (Å²) < 4.78 is 67.6. The molecule has 1 amide bonds. The first-order valence-electron chi connectivity index (χ1n) is 15.9. The number of nitrogens with one attached hydrogen (secondary N) is 1. The summed E-state index contributed by atoms with van der Waals surface area (Å²) in [4.78, 5) is 12.3. The molecule has 1 aromatic heterocycles. The number of sulfonamides is 2. The number of carbonyl (C=O) groups excluding carboxylic acids is 1. The monoisotopic (exact) mass is 664 g/mol. The lowest BCUT2D eigenvalue weighted by atomic mass is 9.85. The topological polar surface area (TPSA) is 141 Å². The summed E-state index contributed by atoms with van der Waals surface area (Å²) in [5.74, 6) is -0.186. The highest BCUT2D eigenvalue weighted by molar-refractivity contribution is 7.89. The zero-order chi connectivity index (χ0) is 33.6. The molecule has 2 fully saturated rings. The number of ether oxygens (including phenoxy) is 1. The molecule has 3 N–H and O–H groups in total. The quantitative estimate of drug-likeness (QED) is 0.369. The number of morpholine rings is 1. The third-order valence-electron chi connectivity index (χ3n) is 9.37. The summed E-state index contributed by atoms with van der Waals surface area (Å²) in [6.07, 6.45) is 5.65. The van der Waals surface area contributed by atoms with Crippen LogP contribution in [0.3, 0.4) is 0 Å². The van der Waals surface area contributed by atoms with Crippen molar-refractivity contribution in [2.75, 3.05) is 26.3 Å². The van der Waals surface area contributed by atoms with Crippen molar-refractivity contribution in [2.45, 2.75) is 115 Å². The van der Waals surface area contributed by atoms with Crippen LogP contribution in [0.15, 0.2) is 34.1 Å². The number of hydrogen-bond donors (Lipinski definition) is 2. The molecule has 4 rings (SSSR count). The molecule has 0 atom stereocenters. The van der Waals surface area contributed by atoms with E-state index in [1.54, 1.807) is 32.0 Å². The van der Waals surface area contributed by atoms with Crippen LogP contribution in [-0.4, -0.2) is 63.5 Å². The molecule has 2 aromatic rings. The van der Waals surface area contributed by atoms with Gasteiger partial charge in [0.1, 0.15) is 4.90 Å². The average Bonchev–Trinajstić information content (AvgIpc) is 3.27. The highest BCUT2D eigenvalue weighted by Gasteiger charge is 2.42. The molecule has 0 unspecified atom stereocenters. The molecule has 12 heteroatoms. The number of benzene rings is 1. The SMILES string of the molecule is Cc1c(S(=O)(=O)NCC(C)(C)C(N)=O)cc(-c2ccc(S(=O)(=O)N3CCOCC3(C)C)c(C(C)(C)C)c2)n1CC1CCCCC1. The molecule has 1 aliphatic carbocycles. The van der Waals surface area contributed by atoms with E-state index in [-0.39, 0.29) is 22.9 Å². The Hall–Kier alpha value is -2.25. The van der Waals surface area contributed by atoms with Crippen LogP contribution in [-0.2, 0) is 41.5 Å². The molecule has 45 heavy (non-hydrogen) atoms. The average molecular weight is 665 g/mol. The van der Waals surface area contributed by atoms with E-state index in [1.165, 1.54) is 10.7 Å². The van der Waals surface area contributed by atoms with Crippen LogP contribution >= 0.6 is 0 Å².